The molecule has 3 aromatic rings. The van der Waals surface area contributed by atoms with Gasteiger partial charge in [0.15, 0.2) is 5.76 Å². The van der Waals surface area contributed by atoms with Gasteiger partial charge in [-0.3, -0.25) is 4.79 Å². The molecule has 3 heterocycles. The van der Waals surface area contributed by atoms with Crippen molar-refractivity contribution in [3.05, 3.63) is 77.0 Å². The normalized spacial score (nSPS) is 17.2. The number of carbonyl (C=O) groups is 1. The average molecular weight is 456 g/mol. The molecule has 2 N–H and O–H groups in total. The first kappa shape index (κ1) is 21.6. The Morgan fingerprint density at radius 3 is 2.58 bits per heavy atom. The minimum absolute atomic E-state index is 0.117. The van der Waals surface area contributed by atoms with Gasteiger partial charge in [0.25, 0.3) is 5.91 Å². The molecule has 1 fully saturated rings. The number of likely N-dealkylation sites (tertiary alicyclic amines) is 1. The zero-order valence-corrected chi connectivity index (χ0v) is 17.8. The van der Waals surface area contributed by atoms with Gasteiger partial charge in [0.1, 0.15) is 11.5 Å². The van der Waals surface area contributed by atoms with Crippen LogP contribution in [0.3, 0.4) is 0 Å². The SMILES string of the molecule is NCc1ccc2c(c1)C1(CCN(C(=O)c3ccc(-c4cccc(C(F)(F)F)c4)o3)CC1)CO2. The van der Waals surface area contributed by atoms with Gasteiger partial charge in [0.2, 0.25) is 0 Å². The van der Waals surface area contributed by atoms with E-state index in [1.807, 2.05) is 12.1 Å². The first-order chi connectivity index (χ1) is 15.8. The Kier molecular flexibility index (Phi) is 5.20. The first-order valence-corrected chi connectivity index (χ1v) is 10.8. The number of ether oxygens (including phenoxy) is 1. The molecule has 0 bridgehead atoms. The second-order valence-corrected chi connectivity index (χ2v) is 8.64. The summed E-state index contributed by atoms with van der Waals surface area (Å²) in [7, 11) is 0. The van der Waals surface area contributed by atoms with E-state index in [0.29, 0.717) is 26.2 Å². The van der Waals surface area contributed by atoms with Gasteiger partial charge >= 0.3 is 6.18 Å². The number of fused-ring (bicyclic) bond motifs is 2. The van der Waals surface area contributed by atoms with Crippen LogP contribution in [-0.4, -0.2) is 30.5 Å². The minimum atomic E-state index is -4.45. The molecule has 1 spiro atoms. The number of alkyl halides is 3. The lowest BCUT2D eigenvalue weighted by Crippen LogP contribution is -2.46. The number of halogens is 3. The maximum Gasteiger partial charge on any atom is 0.416 e. The van der Waals surface area contributed by atoms with Crippen molar-refractivity contribution in [3.63, 3.8) is 0 Å². The van der Waals surface area contributed by atoms with E-state index in [9.17, 15) is 18.0 Å². The van der Waals surface area contributed by atoms with Crippen LogP contribution >= 0.6 is 0 Å². The summed E-state index contributed by atoms with van der Waals surface area (Å²) in [5.74, 6) is 0.957. The highest BCUT2D eigenvalue weighted by molar-refractivity contribution is 5.92. The number of nitrogens with zero attached hydrogens (tertiary/aromatic N) is 1. The number of piperidine rings is 1. The number of carbonyl (C=O) groups excluding carboxylic acids is 1. The molecule has 2 aliphatic heterocycles. The smallest absolute Gasteiger partial charge is 0.416 e. The fourth-order valence-corrected chi connectivity index (χ4v) is 4.70. The van der Waals surface area contributed by atoms with Crippen molar-refractivity contribution < 1.29 is 27.1 Å². The van der Waals surface area contributed by atoms with Gasteiger partial charge in [-0.25, -0.2) is 0 Å². The summed E-state index contributed by atoms with van der Waals surface area (Å²) in [6, 6.07) is 14.0. The molecule has 1 amide bonds. The lowest BCUT2D eigenvalue weighted by molar-refractivity contribution is -0.137. The standard InChI is InChI=1S/C25H23F3N2O3/c26-25(27,28)18-3-1-2-17(13-18)20-6-7-22(33-20)23(31)30-10-8-24(9-11-30)15-32-21-5-4-16(14-29)12-19(21)24/h1-7,12-13H,8-11,14-15,29H2. The zero-order chi connectivity index (χ0) is 23.2. The van der Waals surface area contributed by atoms with Crippen LogP contribution in [0, 0.1) is 0 Å². The first-order valence-electron chi connectivity index (χ1n) is 10.8. The summed E-state index contributed by atoms with van der Waals surface area (Å²) in [5, 5.41) is 0. The Balaban J connectivity index is 1.30. The minimum Gasteiger partial charge on any atom is -0.492 e. The van der Waals surface area contributed by atoms with Crippen LogP contribution in [0.25, 0.3) is 11.3 Å². The summed E-state index contributed by atoms with van der Waals surface area (Å²) in [5.41, 5.74) is 7.39. The van der Waals surface area contributed by atoms with E-state index in [2.05, 4.69) is 6.07 Å². The van der Waals surface area contributed by atoms with Gasteiger partial charge in [0, 0.05) is 36.2 Å². The molecule has 33 heavy (non-hydrogen) atoms. The number of amides is 1. The highest BCUT2D eigenvalue weighted by Crippen LogP contribution is 2.46. The molecule has 1 aromatic heterocycles. The van der Waals surface area contributed by atoms with Gasteiger partial charge in [-0.1, -0.05) is 24.3 Å². The molecule has 8 heteroatoms. The third-order valence-corrected chi connectivity index (χ3v) is 6.65. The van der Waals surface area contributed by atoms with Crippen molar-refractivity contribution in [2.24, 2.45) is 5.73 Å². The fourth-order valence-electron chi connectivity index (χ4n) is 4.70. The zero-order valence-electron chi connectivity index (χ0n) is 17.8. The molecule has 1 saturated heterocycles. The summed E-state index contributed by atoms with van der Waals surface area (Å²) in [6.07, 6.45) is -2.94. The number of benzene rings is 2. The second-order valence-electron chi connectivity index (χ2n) is 8.64. The lowest BCUT2D eigenvalue weighted by atomic mass is 9.74. The van der Waals surface area contributed by atoms with E-state index >= 15 is 0 Å². The van der Waals surface area contributed by atoms with Crippen molar-refractivity contribution in [3.8, 4) is 17.1 Å². The second kappa shape index (κ2) is 7.95. The molecule has 2 aromatic carbocycles. The van der Waals surface area contributed by atoms with Crippen molar-refractivity contribution in [2.75, 3.05) is 19.7 Å². The summed E-state index contributed by atoms with van der Waals surface area (Å²) >= 11 is 0. The molecule has 0 unspecified atom stereocenters. The molecule has 0 radical (unpaired) electrons. The molecule has 172 valence electrons. The van der Waals surface area contributed by atoms with Gasteiger partial charge in [0.05, 0.1) is 12.2 Å². The molecular weight excluding hydrogens is 433 g/mol. The number of hydrogen-bond donors (Lipinski definition) is 1. The molecular formula is C25H23F3N2O3. The highest BCUT2D eigenvalue weighted by atomic mass is 19.4. The number of rotatable bonds is 3. The van der Waals surface area contributed by atoms with Gasteiger partial charge < -0.3 is 19.8 Å². The van der Waals surface area contributed by atoms with Crippen molar-refractivity contribution in [1.29, 1.82) is 0 Å². The van der Waals surface area contributed by atoms with Gasteiger partial charge in [-0.05, 0) is 48.7 Å². The van der Waals surface area contributed by atoms with Crippen molar-refractivity contribution in [2.45, 2.75) is 31.0 Å². The van der Waals surface area contributed by atoms with Crippen LogP contribution in [0.15, 0.2) is 59.0 Å². The largest absolute Gasteiger partial charge is 0.492 e. The molecule has 5 nitrogen and oxygen atoms in total. The van der Waals surface area contributed by atoms with Crippen molar-refractivity contribution >= 4 is 5.91 Å². The highest BCUT2D eigenvalue weighted by Gasteiger charge is 2.44. The molecule has 5 rings (SSSR count). The molecule has 0 saturated carbocycles. The third-order valence-electron chi connectivity index (χ3n) is 6.65. The summed E-state index contributed by atoms with van der Waals surface area (Å²) < 4.78 is 50.6. The Morgan fingerprint density at radius 1 is 1.06 bits per heavy atom. The summed E-state index contributed by atoms with van der Waals surface area (Å²) in [4.78, 5) is 14.8. The van der Waals surface area contributed by atoms with Crippen LogP contribution in [0.5, 0.6) is 5.75 Å². The fraction of sp³-hybridized carbons (Fsp3) is 0.320. The summed E-state index contributed by atoms with van der Waals surface area (Å²) in [6.45, 7) is 2.11. The number of hydrogen-bond acceptors (Lipinski definition) is 4. The molecule has 2 aliphatic rings. The Bertz CT molecular complexity index is 1190. The Labute approximate surface area is 188 Å². The average Bonchev–Trinajstić information content (AvgIpc) is 3.45. The monoisotopic (exact) mass is 456 g/mol. The van der Waals surface area contributed by atoms with E-state index < -0.39 is 11.7 Å². The van der Waals surface area contributed by atoms with Crippen molar-refractivity contribution in [1.82, 2.24) is 4.90 Å². The lowest BCUT2D eigenvalue weighted by Gasteiger charge is -2.38. The molecule has 0 atom stereocenters. The van der Waals surface area contributed by atoms with Crippen LogP contribution in [0.2, 0.25) is 0 Å². The van der Waals surface area contributed by atoms with Crippen LogP contribution in [0.4, 0.5) is 13.2 Å². The van der Waals surface area contributed by atoms with Crippen LogP contribution in [-0.2, 0) is 18.1 Å². The third kappa shape index (κ3) is 3.88. The van der Waals surface area contributed by atoms with Crippen LogP contribution < -0.4 is 10.5 Å². The van der Waals surface area contributed by atoms with Gasteiger partial charge in [-0.2, -0.15) is 13.2 Å². The predicted molar refractivity (Wildman–Crippen MR) is 116 cm³/mol. The topological polar surface area (TPSA) is 68.7 Å². The Hall–Kier alpha value is -3.26. The number of nitrogens with two attached hydrogens (primary N) is 1. The van der Waals surface area contributed by atoms with E-state index in [0.717, 1.165) is 41.9 Å². The van der Waals surface area contributed by atoms with Gasteiger partial charge in [-0.15, -0.1) is 0 Å². The maximum atomic E-state index is 13.0. The predicted octanol–water partition coefficient (Wildman–Crippen LogP) is 4.99. The molecule has 0 aliphatic carbocycles. The Morgan fingerprint density at radius 2 is 1.85 bits per heavy atom. The van der Waals surface area contributed by atoms with E-state index in [1.165, 1.54) is 24.3 Å². The van der Waals surface area contributed by atoms with E-state index in [4.69, 9.17) is 14.9 Å². The van der Waals surface area contributed by atoms with E-state index in [-0.39, 0.29) is 28.4 Å². The maximum absolute atomic E-state index is 13.0. The quantitative estimate of drug-likeness (QED) is 0.603. The number of furan rings is 1. The van der Waals surface area contributed by atoms with E-state index in [1.54, 1.807) is 4.90 Å². The van der Waals surface area contributed by atoms with Crippen LogP contribution in [0.1, 0.15) is 40.1 Å².